The normalized spacial score (nSPS) is 12.0. The Bertz CT molecular complexity index is 2110. The Morgan fingerprint density at radius 2 is 1.42 bits per heavy atom. The lowest BCUT2D eigenvalue weighted by molar-refractivity contribution is -0.117. The molecule has 0 unspecified atom stereocenters. The molecule has 6 rings (SSSR count). The molecule has 0 aliphatic heterocycles. The molecule has 11 heteroatoms. The summed E-state index contributed by atoms with van der Waals surface area (Å²) >= 11 is 0. The predicted octanol–water partition coefficient (Wildman–Crippen LogP) is 7.43. The van der Waals surface area contributed by atoms with Crippen LogP contribution in [-0.4, -0.2) is 62.0 Å². The highest BCUT2D eigenvalue weighted by atomic mass is 16.6. The number of guanidine groups is 1. The third-order valence-corrected chi connectivity index (χ3v) is 9.17. The number of rotatable bonds is 13. The van der Waals surface area contributed by atoms with Crippen molar-refractivity contribution in [3.05, 3.63) is 162 Å². The number of ether oxygens (including phenoxy) is 1. The lowest BCUT2D eigenvalue weighted by Gasteiger charge is -2.37. The molecule has 3 amide bonds. The fourth-order valence-corrected chi connectivity index (χ4v) is 6.67. The number of imidazole rings is 1. The molecule has 11 nitrogen and oxygen atoms in total. The number of fused-ring (bicyclic) bond motifs is 1. The summed E-state index contributed by atoms with van der Waals surface area (Å²) in [6.07, 6.45) is 4.54. The van der Waals surface area contributed by atoms with E-state index in [0.717, 1.165) is 33.3 Å². The summed E-state index contributed by atoms with van der Waals surface area (Å²) in [5, 5.41) is 3.76. The molecular formula is C44H47N7O4. The van der Waals surface area contributed by atoms with Crippen molar-refractivity contribution in [3.63, 3.8) is 0 Å². The van der Waals surface area contributed by atoms with E-state index in [2.05, 4.69) is 56.3 Å². The summed E-state index contributed by atoms with van der Waals surface area (Å²) in [6.45, 7) is 5.69. The van der Waals surface area contributed by atoms with Crippen LogP contribution in [-0.2, 0) is 21.5 Å². The highest BCUT2D eigenvalue weighted by Crippen LogP contribution is 2.40. The van der Waals surface area contributed by atoms with Gasteiger partial charge in [0.1, 0.15) is 16.8 Å². The Morgan fingerprint density at radius 3 is 2.00 bits per heavy atom. The lowest BCUT2D eigenvalue weighted by atomic mass is 9.77. The molecule has 0 aliphatic carbocycles. The van der Waals surface area contributed by atoms with Gasteiger partial charge in [-0.15, -0.1) is 0 Å². The zero-order chi connectivity index (χ0) is 38.8. The molecule has 0 aliphatic rings. The Balaban J connectivity index is 1.13. The van der Waals surface area contributed by atoms with Crippen LogP contribution in [0, 0.1) is 0 Å². The molecule has 4 N–H and O–H groups in total. The number of aromatic amines is 1. The molecule has 282 valence electrons. The highest BCUT2D eigenvalue weighted by Gasteiger charge is 2.38. The number of nitrogens with two attached hydrogens (primary N) is 1. The van der Waals surface area contributed by atoms with Crippen molar-refractivity contribution in [2.24, 2.45) is 10.7 Å². The quantitative estimate of drug-likeness (QED) is 0.0486. The van der Waals surface area contributed by atoms with E-state index in [1.807, 2.05) is 91.4 Å². The Morgan fingerprint density at radius 1 is 0.836 bits per heavy atom. The largest absolute Gasteiger partial charge is 0.443 e. The van der Waals surface area contributed by atoms with E-state index >= 15 is 0 Å². The molecule has 4 aromatic carbocycles. The van der Waals surface area contributed by atoms with Crippen molar-refractivity contribution in [2.45, 2.75) is 57.6 Å². The van der Waals surface area contributed by atoms with Gasteiger partial charge in [0, 0.05) is 36.6 Å². The molecule has 0 radical (unpaired) electrons. The van der Waals surface area contributed by atoms with Gasteiger partial charge in [0.25, 0.3) is 5.91 Å². The number of H-pyrrole nitrogens is 1. The molecule has 55 heavy (non-hydrogen) atoms. The molecule has 2 aromatic heterocycles. The molecule has 0 atom stereocenters. The van der Waals surface area contributed by atoms with Gasteiger partial charge in [0.2, 0.25) is 11.9 Å². The van der Waals surface area contributed by atoms with Gasteiger partial charge in [-0.3, -0.25) is 9.59 Å². The monoisotopic (exact) mass is 737 g/mol. The first-order chi connectivity index (χ1) is 26.5. The standard InChI is InChI=1S/C44H47N7O4/c1-43(2,3)55-42(54)51(41(45)49-39(52)26-15-27-46-40(53)38-29-32-17-13-14-25-37(32)48-38)28-16-24-36-30-50(31-47-36)44(33-18-7-4-8-19-33,34-20-9-5-10-21-34)35-22-11-6-12-23-35/h4-14,17-23,25,29-31,48H,15-16,24,26-28H2,1-3H3,(H,46,53)(H2,45,49,52). The van der Waals surface area contributed by atoms with Crippen molar-refractivity contribution in [3.8, 4) is 0 Å². The fraction of sp³-hybridized carbons (Fsp3) is 0.250. The maximum Gasteiger partial charge on any atom is 0.417 e. The summed E-state index contributed by atoms with van der Waals surface area (Å²) < 4.78 is 7.78. The van der Waals surface area contributed by atoms with Gasteiger partial charge in [-0.1, -0.05) is 109 Å². The zero-order valence-corrected chi connectivity index (χ0v) is 31.4. The third kappa shape index (κ3) is 9.18. The fourth-order valence-electron chi connectivity index (χ4n) is 6.67. The summed E-state index contributed by atoms with van der Waals surface area (Å²) in [6, 6.07) is 40.5. The minimum Gasteiger partial charge on any atom is -0.443 e. The SMILES string of the molecule is CC(C)(C)OC(=O)N(CCCc1cn(C(c2ccccc2)(c2ccccc2)c2ccccc2)cn1)C(N)=NC(=O)CCCNC(=O)c1cc2ccccc2[nH]1. The summed E-state index contributed by atoms with van der Waals surface area (Å²) in [7, 11) is 0. The second kappa shape index (κ2) is 17.1. The van der Waals surface area contributed by atoms with Crippen LogP contribution in [0.25, 0.3) is 10.9 Å². The topological polar surface area (TPSA) is 148 Å². The molecular weight excluding hydrogens is 691 g/mol. The van der Waals surface area contributed by atoms with Crippen LogP contribution in [0.5, 0.6) is 0 Å². The van der Waals surface area contributed by atoms with Crippen LogP contribution in [0.4, 0.5) is 4.79 Å². The van der Waals surface area contributed by atoms with Crippen molar-refractivity contribution >= 4 is 34.8 Å². The van der Waals surface area contributed by atoms with E-state index in [9.17, 15) is 14.4 Å². The van der Waals surface area contributed by atoms with E-state index in [4.69, 9.17) is 15.5 Å². The lowest BCUT2D eigenvalue weighted by Crippen LogP contribution is -2.45. The van der Waals surface area contributed by atoms with Crippen molar-refractivity contribution in [2.75, 3.05) is 13.1 Å². The van der Waals surface area contributed by atoms with Crippen molar-refractivity contribution < 1.29 is 19.1 Å². The van der Waals surface area contributed by atoms with Crippen LogP contribution in [0.3, 0.4) is 0 Å². The third-order valence-electron chi connectivity index (χ3n) is 9.17. The number of nitrogens with one attached hydrogen (secondary N) is 2. The number of aliphatic imine (C=N–C) groups is 1. The minimum absolute atomic E-state index is 0.0271. The summed E-state index contributed by atoms with van der Waals surface area (Å²) in [5.74, 6) is -1.02. The Hall–Kier alpha value is -6.49. The number of benzene rings is 4. The number of nitrogens with zero attached hydrogens (tertiary/aromatic N) is 4. The summed E-state index contributed by atoms with van der Waals surface area (Å²) in [5.41, 5.74) is 10.2. The number of carbonyl (C=O) groups excluding carboxylic acids is 3. The molecule has 0 bridgehead atoms. The number of hydrogen-bond donors (Lipinski definition) is 3. The number of para-hydroxylation sites is 1. The maximum atomic E-state index is 13.3. The highest BCUT2D eigenvalue weighted by molar-refractivity contribution is 6.00. The average Bonchev–Trinajstić information content (AvgIpc) is 3.84. The van der Waals surface area contributed by atoms with Crippen LogP contribution in [0.1, 0.15) is 72.9 Å². The number of hydrogen-bond acceptors (Lipinski definition) is 5. The van der Waals surface area contributed by atoms with Crippen molar-refractivity contribution in [1.29, 1.82) is 0 Å². The van der Waals surface area contributed by atoms with Gasteiger partial charge in [-0.25, -0.2) is 14.7 Å². The molecule has 0 fully saturated rings. The molecule has 6 aromatic rings. The molecule has 0 saturated heterocycles. The van der Waals surface area contributed by atoms with Gasteiger partial charge in [0.05, 0.1) is 12.0 Å². The van der Waals surface area contributed by atoms with Crippen LogP contribution < -0.4 is 11.1 Å². The Labute approximate surface area is 321 Å². The Kier molecular flexibility index (Phi) is 11.9. The van der Waals surface area contributed by atoms with Gasteiger partial charge < -0.3 is 25.3 Å². The van der Waals surface area contributed by atoms with E-state index in [1.54, 1.807) is 26.8 Å². The summed E-state index contributed by atoms with van der Waals surface area (Å²) in [4.78, 5) is 52.0. The van der Waals surface area contributed by atoms with E-state index in [1.165, 1.54) is 4.90 Å². The number of amides is 3. The van der Waals surface area contributed by atoms with E-state index in [-0.39, 0.29) is 31.4 Å². The second-order valence-corrected chi connectivity index (χ2v) is 14.3. The first-order valence-corrected chi connectivity index (χ1v) is 18.5. The molecule has 2 heterocycles. The smallest absolute Gasteiger partial charge is 0.417 e. The van der Waals surface area contributed by atoms with Crippen LogP contribution in [0.15, 0.2) is 139 Å². The number of aryl methyl sites for hydroxylation is 1. The number of aromatic nitrogens is 3. The second-order valence-electron chi connectivity index (χ2n) is 14.3. The van der Waals surface area contributed by atoms with Gasteiger partial charge >= 0.3 is 6.09 Å². The maximum absolute atomic E-state index is 13.3. The minimum atomic E-state index is -0.794. The van der Waals surface area contributed by atoms with Gasteiger partial charge in [0.15, 0.2) is 0 Å². The van der Waals surface area contributed by atoms with E-state index in [0.29, 0.717) is 25.0 Å². The van der Waals surface area contributed by atoms with Crippen LogP contribution in [0.2, 0.25) is 0 Å². The average molecular weight is 738 g/mol. The van der Waals surface area contributed by atoms with E-state index < -0.39 is 23.1 Å². The predicted molar refractivity (Wildman–Crippen MR) is 215 cm³/mol. The van der Waals surface area contributed by atoms with Crippen molar-refractivity contribution in [1.82, 2.24) is 24.8 Å². The van der Waals surface area contributed by atoms with Gasteiger partial charge in [-0.05, 0) is 68.9 Å². The number of carbonyl (C=O) groups is 3. The first-order valence-electron chi connectivity index (χ1n) is 18.5. The van der Waals surface area contributed by atoms with Gasteiger partial charge in [-0.2, -0.15) is 4.99 Å². The molecule has 0 spiro atoms. The zero-order valence-electron chi connectivity index (χ0n) is 31.4. The van der Waals surface area contributed by atoms with Crippen LogP contribution >= 0.6 is 0 Å². The first kappa shape index (κ1) is 38.2. The molecule has 0 saturated carbocycles.